The molecule has 1 N–H and O–H groups in total. The van der Waals surface area contributed by atoms with Crippen LogP contribution in [-0.4, -0.2) is 28.5 Å². The number of halogens is 1. The zero-order valence-corrected chi connectivity index (χ0v) is 15.0. The number of hydrogen-bond donors (Lipinski definition) is 1. The van der Waals surface area contributed by atoms with Gasteiger partial charge in [0.05, 0.1) is 17.6 Å². The number of nitrogens with zero attached hydrogens (tertiary/aromatic N) is 2. The van der Waals surface area contributed by atoms with Crippen molar-refractivity contribution in [2.24, 2.45) is 0 Å². The lowest BCUT2D eigenvalue weighted by atomic mass is 10.2. The summed E-state index contributed by atoms with van der Waals surface area (Å²) in [5.41, 5.74) is 2.22. The molecule has 0 bridgehead atoms. The largest absolute Gasteiger partial charge is 0.464 e. The lowest BCUT2D eigenvalue weighted by molar-refractivity contribution is 0.0593. The second-order valence-corrected chi connectivity index (χ2v) is 7.35. The lowest BCUT2D eigenvalue weighted by Crippen LogP contribution is -2.27. The zero-order valence-electron chi connectivity index (χ0n) is 13.5. The van der Waals surface area contributed by atoms with Crippen molar-refractivity contribution in [2.75, 3.05) is 7.11 Å². The summed E-state index contributed by atoms with van der Waals surface area (Å²) in [7, 11) is 1.37. The molecule has 126 valence electrons. The summed E-state index contributed by atoms with van der Waals surface area (Å²) in [5, 5.41) is 3.50. The molecule has 0 aromatic carbocycles. The second-order valence-electron chi connectivity index (χ2n) is 5.55. The number of nitrogens with one attached hydrogen (secondary N) is 1. The summed E-state index contributed by atoms with van der Waals surface area (Å²) >= 11 is 7.58. The minimum atomic E-state index is -0.393. The third-order valence-corrected chi connectivity index (χ3v) is 5.04. The Labute approximate surface area is 149 Å². The van der Waals surface area contributed by atoms with Gasteiger partial charge in [0.2, 0.25) is 0 Å². The minimum absolute atomic E-state index is 0.301. The van der Waals surface area contributed by atoms with Crippen LogP contribution < -0.4 is 5.32 Å². The predicted molar refractivity (Wildman–Crippen MR) is 95.9 cm³/mol. The van der Waals surface area contributed by atoms with Crippen LogP contribution in [0.25, 0.3) is 5.65 Å². The molecule has 0 fully saturated rings. The molecule has 24 heavy (non-hydrogen) atoms. The quantitative estimate of drug-likeness (QED) is 0.680. The molecule has 0 spiro atoms. The first-order valence-corrected chi connectivity index (χ1v) is 8.79. The molecule has 0 aliphatic heterocycles. The monoisotopic (exact) mass is 363 g/mol. The summed E-state index contributed by atoms with van der Waals surface area (Å²) in [4.78, 5) is 17.4. The van der Waals surface area contributed by atoms with Gasteiger partial charge in [0, 0.05) is 29.2 Å². The Morgan fingerprint density at radius 3 is 3.00 bits per heavy atom. The SMILES string of the molecule is COC(=O)c1cnc2c(CNC(C)Cc3ccc(Cl)s3)cccn12. The van der Waals surface area contributed by atoms with E-state index in [0.717, 1.165) is 22.0 Å². The maximum Gasteiger partial charge on any atom is 0.356 e. The molecule has 0 saturated heterocycles. The van der Waals surface area contributed by atoms with Crippen molar-refractivity contribution in [3.63, 3.8) is 0 Å². The number of esters is 1. The number of rotatable bonds is 6. The maximum atomic E-state index is 11.8. The van der Waals surface area contributed by atoms with Gasteiger partial charge in [-0.1, -0.05) is 17.7 Å². The third-order valence-electron chi connectivity index (χ3n) is 3.79. The number of thiophene rings is 1. The first-order chi connectivity index (χ1) is 11.6. The molecule has 3 rings (SSSR count). The third kappa shape index (κ3) is 3.61. The van der Waals surface area contributed by atoms with Crippen LogP contribution in [0.15, 0.2) is 36.7 Å². The fourth-order valence-corrected chi connectivity index (χ4v) is 3.80. The van der Waals surface area contributed by atoms with Crippen LogP contribution in [0.1, 0.15) is 27.9 Å². The van der Waals surface area contributed by atoms with Crippen LogP contribution in [0, 0.1) is 0 Å². The molecule has 3 heterocycles. The van der Waals surface area contributed by atoms with E-state index in [1.807, 2.05) is 24.4 Å². The van der Waals surface area contributed by atoms with E-state index in [2.05, 4.69) is 23.3 Å². The molecule has 0 aliphatic carbocycles. The number of aromatic nitrogens is 2. The molecule has 3 aromatic heterocycles. The molecular weight excluding hydrogens is 346 g/mol. The molecule has 7 heteroatoms. The topological polar surface area (TPSA) is 55.6 Å². The summed E-state index contributed by atoms with van der Waals surface area (Å²) < 4.78 is 7.36. The van der Waals surface area contributed by atoms with Crippen molar-refractivity contribution in [1.29, 1.82) is 0 Å². The zero-order chi connectivity index (χ0) is 17.1. The van der Waals surface area contributed by atoms with Gasteiger partial charge in [-0.2, -0.15) is 0 Å². The lowest BCUT2D eigenvalue weighted by Gasteiger charge is -2.13. The van der Waals surface area contributed by atoms with E-state index >= 15 is 0 Å². The Hall–Kier alpha value is -1.89. The van der Waals surface area contributed by atoms with Gasteiger partial charge in [0.25, 0.3) is 0 Å². The van der Waals surface area contributed by atoms with Crippen molar-refractivity contribution in [3.05, 3.63) is 57.1 Å². The van der Waals surface area contributed by atoms with Gasteiger partial charge in [-0.05, 0) is 31.5 Å². The van der Waals surface area contributed by atoms with Gasteiger partial charge in [0.1, 0.15) is 5.65 Å². The van der Waals surface area contributed by atoms with Gasteiger partial charge in [-0.25, -0.2) is 9.78 Å². The summed E-state index contributed by atoms with van der Waals surface area (Å²) in [5.74, 6) is -0.393. The Morgan fingerprint density at radius 2 is 2.29 bits per heavy atom. The molecule has 1 unspecified atom stereocenters. The molecule has 0 amide bonds. The fourth-order valence-electron chi connectivity index (χ4n) is 2.58. The van der Waals surface area contributed by atoms with E-state index in [9.17, 15) is 4.79 Å². The highest BCUT2D eigenvalue weighted by molar-refractivity contribution is 7.16. The second kappa shape index (κ2) is 7.34. The van der Waals surface area contributed by atoms with Crippen molar-refractivity contribution < 1.29 is 9.53 Å². The Kier molecular flexibility index (Phi) is 5.18. The van der Waals surface area contributed by atoms with E-state index in [0.29, 0.717) is 18.3 Å². The van der Waals surface area contributed by atoms with Gasteiger partial charge in [0.15, 0.2) is 5.69 Å². The average Bonchev–Trinajstić information content (AvgIpc) is 3.18. The fraction of sp³-hybridized carbons (Fsp3) is 0.294. The maximum absolute atomic E-state index is 11.8. The van der Waals surface area contributed by atoms with E-state index in [-0.39, 0.29) is 0 Å². The van der Waals surface area contributed by atoms with Crippen LogP contribution in [0.5, 0.6) is 0 Å². The van der Waals surface area contributed by atoms with Crippen LogP contribution in [0.4, 0.5) is 0 Å². The Balaban J connectivity index is 1.71. The van der Waals surface area contributed by atoms with Crippen molar-refractivity contribution in [3.8, 4) is 0 Å². The summed E-state index contributed by atoms with van der Waals surface area (Å²) in [6, 6.07) is 8.19. The number of hydrogen-bond acceptors (Lipinski definition) is 5. The number of fused-ring (bicyclic) bond motifs is 1. The number of carbonyl (C=O) groups excluding carboxylic acids is 1. The van der Waals surface area contributed by atoms with Crippen LogP contribution >= 0.6 is 22.9 Å². The van der Waals surface area contributed by atoms with Crippen LogP contribution in [0.2, 0.25) is 4.34 Å². The van der Waals surface area contributed by atoms with Gasteiger partial charge in [-0.15, -0.1) is 11.3 Å². The minimum Gasteiger partial charge on any atom is -0.464 e. The Bertz CT molecular complexity index is 859. The highest BCUT2D eigenvalue weighted by Gasteiger charge is 2.14. The highest BCUT2D eigenvalue weighted by Crippen LogP contribution is 2.22. The number of ether oxygens (including phenoxy) is 1. The molecule has 1 atom stereocenters. The molecule has 0 aliphatic rings. The summed E-state index contributed by atoms with van der Waals surface area (Å²) in [6.07, 6.45) is 4.28. The number of methoxy groups -OCH3 is 1. The average molecular weight is 364 g/mol. The van der Waals surface area contributed by atoms with Crippen molar-refractivity contribution in [2.45, 2.75) is 25.9 Å². The van der Waals surface area contributed by atoms with Crippen LogP contribution in [-0.2, 0) is 17.7 Å². The first kappa shape index (κ1) is 17.0. The summed E-state index contributed by atoms with van der Waals surface area (Å²) in [6.45, 7) is 2.81. The van der Waals surface area contributed by atoms with E-state index in [1.54, 1.807) is 21.9 Å². The molecule has 5 nitrogen and oxygen atoms in total. The Morgan fingerprint density at radius 1 is 1.46 bits per heavy atom. The highest BCUT2D eigenvalue weighted by atomic mass is 35.5. The van der Waals surface area contributed by atoms with Crippen molar-refractivity contribution >= 4 is 34.6 Å². The van der Waals surface area contributed by atoms with Crippen LogP contribution in [0.3, 0.4) is 0 Å². The number of imidazole rings is 1. The van der Waals surface area contributed by atoms with Crippen molar-refractivity contribution in [1.82, 2.24) is 14.7 Å². The van der Waals surface area contributed by atoms with Gasteiger partial charge < -0.3 is 10.1 Å². The van der Waals surface area contributed by atoms with E-state index in [4.69, 9.17) is 16.3 Å². The van der Waals surface area contributed by atoms with E-state index < -0.39 is 5.97 Å². The predicted octanol–water partition coefficient (Wildman–Crippen LogP) is 3.56. The number of carbonyl (C=O) groups is 1. The smallest absolute Gasteiger partial charge is 0.356 e. The van der Waals surface area contributed by atoms with Gasteiger partial charge >= 0.3 is 5.97 Å². The number of pyridine rings is 1. The standard InChI is InChI=1S/C17H18ClN3O2S/c1-11(8-13-5-6-15(18)24-13)19-9-12-4-3-7-21-14(17(22)23-2)10-20-16(12)21/h3-7,10-11,19H,8-9H2,1-2H3. The van der Waals surface area contributed by atoms with E-state index in [1.165, 1.54) is 12.0 Å². The molecular formula is C17H18ClN3O2S. The molecule has 0 radical (unpaired) electrons. The first-order valence-electron chi connectivity index (χ1n) is 7.59. The molecule has 0 saturated carbocycles. The van der Waals surface area contributed by atoms with Gasteiger partial charge in [-0.3, -0.25) is 4.40 Å². The normalized spacial score (nSPS) is 12.5. The molecule has 3 aromatic rings.